The van der Waals surface area contributed by atoms with Crippen LogP contribution in [0.1, 0.15) is 81.5 Å². The zero-order valence-electron chi connectivity index (χ0n) is 29.7. The summed E-state index contributed by atoms with van der Waals surface area (Å²) in [5.41, 5.74) is 9.45. The number of nitrogens with one attached hydrogen (secondary N) is 2. The van der Waals surface area contributed by atoms with Gasteiger partial charge in [0, 0.05) is 24.2 Å². The van der Waals surface area contributed by atoms with Gasteiger partial charge in [-0.05, 0) is 72.9 Å². The van der Waals surface area contributed by atoms with Gasteiger partial charge in [-0.2, -0.15) is 0 Å². The molecule has 0 aromatic heterocycles. The van der Waals surface area contributed by atoms with Crippen LogP contribution >= 0.6 is 0 Å². The first kappa shape index (κ1) is 39.9. The molecule has 3 atom stereocenters. The number of amides is 1. The number of hydrogen-bond donors (Lipinski definition) is 3. The molecule has 12 heteroatoms. The van der Waals surface area contributed by atoms with Gasteiger partial charge in [-0.3, -0.25) is 0 Å². The Balaban J connectivity index is 1.59. The minimum Gasteiger partial charge on any atom is -0.458 e. The van der Waals surface area contributed by atoms with Crippen LogP contribution in [0.2, 0.25) is 0 Å². The van der Waals surface area contributed by atoms with E-state index in [4.69, 9.17) is 15.2 Å². The number of alkyl carbamates (subject to hydrolysis) is 1. The molecule has 4 N–H and O–H groups in total. The van der Waals surface area contributed by atoms with Crippen molar-refractivity contribution in [3.63, 3.8) is 0 Å². The van der Waals surface area contributed by atoms with E-state index in [1.165, 1.54) is 5.56 Å². The lowest BCUT2D eigenvalue weighted by atomic mass is 9.98. The Labute approximate surface area is 300 Å². The van der Waals surface area contributed by atoms with Gasteiger partial charge in [0.2, 0.25) is 0 Å². The number of rotatable bonds is 20. The molecule has 0 saturated heterocycles. The van der Waals surface area contributed by atoms with Crippen molar-refractivity contribution in [3.05, 3.63) is 107 Å². The molecule has 1 aliphatic carbocycles. The van der Waals surface area contributed by atoms with Crippen LogP contribution < -0.4 is 16.4 Å². The summed E-state index contributed by atoms with van der Waals surface area (Å²) in [6, 6.07) is 17.6. The van der Waals surface area contributed by atoms with Crippen molar-refractivity contribution in [1.29, 1.82) is 0 Å². The van der Waals surface area contributed by atoms with E-state index in [1.807, 2.05) is 32.0 Å². The first-order chi connectivity index (χ1) is 24.4. The average Bonchev–Trinajstić information content (AvgIpc) is 3.89. The summed E-state index contributed by atoms with van der Waals surface area (Å²) >= 11 is 0. The average molecular weight is 728 g/mol. The molecule has 0 unspecified atom stereocenters. The van der Waals surface area contributed by atoms with Gasteiger partial charge in [-0.1, -0.05) is 88.2 Å². The molecule has 0 aliphatic heterocycles. The molecule has 0 radical (unpaired) electrons. The van der Waals surface area contributed by atoms with E-state index in [0.717, 1.165) is 43.0 Å². The number of hydrogen-bond acceptors (Lipinski definition) is 8. The number of esters is 1. The molecule has 0 bridgehead atoms. The largest absolute Gasteiger partial charge is 0.458 e. The summed E-state index contributed by atoms with van der Waals surface area (Å²) in [6.45, 7) is 5.81. The van der Waals surface area contributed by atoms with Crippen molar-refractivity contribution in [1.82, 2.24) is 10.6 Å². The van der Waals surface area contributed by atoms with Crippen LogP contribution in [0.25, 0.3) is 0 Å². The van der Waals surface area contributed by atoms with Crippen LogP contribution in [0.15, 0.2) is 72.8 Å². The summed E-state index contributed by atoms with van der Waals surface area (Å²) in [6.07, 6.45) is 2.48. The van der Waals surface area contributed by atoms with Crippen LogP contribution in [0.5, 0.6) is 0 Å². The monoisotopic (exact) mass is 727 g/mol. The Kier molecular flexibility index (Phi) is 14.5. The third-order valence-corrected chi connectivity index (χ3v) is 11.6. The maximum atomic E-state index is 14.1. The summed E-state index contributed by atoms with van der Waals surface area (Å²) in [4.78, 5) is 27.0. The number of carbonyl (C=O) groups excluding carboxylic acids is 2. The Morgan fingerprint density at radius 1 is 0.882 bits per heavy atom. The van der Waals surface area contributed by atoms with Crippen LogP contribution in [-0.2, 0) is 49.1 Å². The standard InChI is InChI=1S/C39H51F2N3O6S/c1-4-11-33(12-5-2)51(47,48)26-35(44-38(46)49-25-28-13-8-7-9-14-28)37(45)50-36(34(42)22-29-20-31(40)23-32(41)21-29)24-43-39(17-18-39)30-16-10-15-27(6-3)19-30/h7-10,13-16,19-21,23,33-36,43H,4-6,11-12,17-18,22,24-26,42H2,1-3H3,(H,44,46)/t34-,35-,36+/m0/s1. The lowest BCUT2D eigenvalue weighted by molar-refractivity contribution is -0.152. The molecule has 1 saturated carbocycles. The van der Waals surface area contributed by atoms with Crippen molar-refractivity contribution in [2.75, 3.05) is 12.3 Å². The summed E-state index contributed by atoms with van der Waals surface area (Å²) < 4.78 is 66.9. The third-order valence-electron chi connectivity index (χ3n) is 9.34. The molecule has 1 fully saturated rings. The molecule has 278 valence electrons. The van der Waals surface area contributed by atoms with Gasteiger partial charge in [0.1, 0.15) is 30.4 Å². The van der Waals surface area contributed by atoms with Gasteiger partial charge < -0.3 is 25.8 Å². The second-order valence-corrected chi connectivity index (χ2v) is 15.8. The van der Waals surface area contributed by atoms with Crippen LogP contribution in [0.3, 0.4) is 0 Å². The van der Waals surface area contributed by atoms with E-state index < -0.39 is 62.7 Å². The van der Waals surface area contributed by atoms with Gasteiger partial charge in [0.25, 0.3) is 0 Å². The second-order valence-electron chi connectivity index (χ2n) is 13.4. The highest BCUT2D eigenvalue weighted by Crippen LogP contribution is 2.45. The Bertz CT molecular complexity index is 1680. The molecule has 9 nitrogen and oxygen atoms in total. The summed E-state index contributed by atoms with van der Waals surface area (Å²) in [5.74, 6) is -3.25. The smallest absolute Gasteiger partial charge is 0.408 e. The molecule has 51 heavy (non-hydrogen) atoms. The molecule has 3 aromatic rings. The third kappa shape index (κ3) is 11.8. The predicted molar refractivity (Wildman–Crippen MR) is 194 cm³/mol. The van der Waals surface area contributed by atoms with Crippen LogP contribution in [0.4, 0.5) is 13.6 Å². The van der Waals surface area contributed by atoms with Gasteiger partial charge in [0.15, 0.2) is 9.84 Å². The lowest BCUT2D eigenvalue weighted by Gasteiger charge is -2.29. The second kappa shape index (κ2) is 18.6. The summed E-state index contributed by atoms with van der Waals surface area (Å²) in [5, 5.41) is 5.25. The van der Waals surface area contributed by atoms with Gasteiger partial charge in [0.05, 0.1) is 11.0 Å². The fourth-order valence-electron chi connectivity index (χ4n) is 6.31. The normalized spacial score (nSPS) is 15.5. The topological polar surface area (TPSA) is 137 Å². The molecular formula is C39H51F2N3O6S. The number of halogens is 2. The number of nitrogens with two attached hydrogens (primary N) is 1. The zero-order chi connectivity index (χ0) is 37.0. The van der Waals surface area contributed by atoms with Crippen molar-refractivity contribution in [3.8, 4) is 0 Å². The van der Waals surface area contributed by atoms with E-state index in [9.17, 15) is 26.8 Å². The molecule has 0 spiro atoms. The highest BCUT2D eigenvalue weighted by molar-refractivity contribution is 7.92. The molecular weight excluding hydrogens is 677 g/mol. The molecule has 0 heterocycles. The number of ether oxygens (including phenoxy) is 2. The fraction of sp³-hybridized carbons (Fsp3) is 0.487. The maximum absolute atomic E-state index is 14.1. The van der Waals surface area contributed by atoms with Gasteiger partial charge >= 0.3 is 12.1 Å². The number of sulfone groups is 1. The van der Waals surface area contributed by atoms with Crippen molar-refractivity contribution >= 4 is 21.9 Å². The Morgan fingerprint density at radius 2 is 1.53 bits per heavy atom. The first-order valence-corrected chi connectivity index (χ1v) is 19.5. The number of carbonyl (C=O) groups is 2. The summed E-state index contributed by atoms with van der Waals surface area (Å²) in [7, 11) is -3.89. The van der Waals surface area contributed by atoms with E-state index in [-0.39, 0.29) is 30.7 Å². The number of aryl methyl sites for hydroxylation is 1. The zero-order valence-corrected chi connectivity index (χ0v) is 30.5. The van der Waals surface area contributed by atoms with Crippen molar-refractivity contribution < 1.29 is 36.3 Å². The van der Waals surface area contributed by atoms with E-state index in [0.29, 0.717) is 31.2 Å². The van der Waals surface area contributed by atoms with Gasteiger partial charge in [-0.15, -0.1) is 0 Å². The SMILES string of the molecule is CCCC(CCC)S(=O)(=O)C[C@H](NC(=O)OCc1ccccc1)C(=O)O[C@H](CNC1(c2cccc(CC)c2)CC1)[C@@H](N)Cc1cc(F)cc(F)c1. The molecule has 1 amide bonds. The fourth-order valence-corrected chi connectivity index (χ4v) is 8.46. The van der Waals surface area contributed by atoms with Gasteiger partial charge in [-0.25, -0.2) is 26.8 Å². The Morgan fingerprint density at radius 3 is 2.14 bits per heavy atom. The predicted octanol–water partition coefficient (Wildman–Crippen LogP) is 6.27. The quantitative estimate of drug-likeness (QED) is 0.116. The van der Waals surface area contributed by atoms with Crippen molar-refractivity contribution in [2.24, 2.45) is 5.73 Å². The van der Waals surface area contributed by atoms with E-state index in [2.05, 4.69) is 29.7 Å². The number of benzene rings is 3. The molecule has 3 aromatic carbocycles. The van der Waals surface area contributed by atoms with Crippen molar-refractivity contribution in [2.45, 2.75) is 108 Å². The van der Waals surface area contributed by atoms with E-state index in [1.54, 1.807) is 24.3 Å². The first-order valence-electron chi connectivity index (χ1n) is 17.8. The minimum absolute atomic E-state index is 0.0444. The molecule has 1 aliphatic rings. The minimum atomic E-state index is -3.89. The highest BCUT2D eigenvalue weighted by Gasteiger charge is 2.45. The Hall–Kier alpha value is -3.87. The molecule has 4 rings (SSSR count). The highest BCUT2D eigenvalue weighted by atomic mass is 32.2. The maximum Gasteiger partial charge on any atom is 0.408 e. The van der Waals surface area contributed by atoms with Crippen LogP contribution in [0, 0.1) is 11.6 Å². The van der Waals surface area contributed by atoms with Crippen LogP contribution in [-0.4, -0.2) is 56.2 Å². The lowest BCUT2D eigenvalue weighted by Crippen LogP contribution is -2.53. The van der Waals surface area contributed by atoms with E-state index >= 15 is 0 Å².